The number of hydrogen-bond donors (Lipinski definition) is 2. The van der Waals surface area contributed by atoms with Gasteiger partial charge in [-0.2, -0.15) is 0 Å². The number of rotatable bonds is 3. The smallest absolute Gasteiger partial charge is 0.100 e. The third-order valence-electron chi connectivity index (χ3n) is 2.14. The van der Waals surface area contributed by atoms with Gasteiger partial charge < -0.3 is 15.2 Å². The second-order valence-electron chi connectivity index (χ2n) is 3.92. The molecular formula is C9H19NO2. The van der Waals surface area contributed by atoms with Crippen LogP contribution in [0.25, 0.3) is 0 Å². The Morgan fingerprint density at radius 2 is 2.33 bits per heavy atom. The molecule has 1 fully saturated rings. The lowest BCUT2D eigenvalue weighted by Crippen LogP contribution is -2.48. The van der Waals surface area contributed by atoms with Crippen molar-refractivity contribution in [1.29, 1.82) is 0 Å². The van der Waals surface area contributed by atoms with Crippen LogP contribution in [0.5, 0.6) is 0 Å². The van der Waals surface area contributed by atoms with Gasteiger partial charge in [0.2, 0.25) is 0 Å². The fourth-order valence-corrected chi connectivity index (χ4v) is 1.37. The number of ether oxygens (including phenoxy) is 1. The van der Waals surface area contributed by atoms with Crippen LogP contribution in [0.2, 0.25) is 0 Å². The average Bonchev–Trinajstić information content (AvgIpc) is 2.03. The predicted octanol–water partition coefficient (Wildman–Crippen LogP) is 0.526. The normalized spacial score (nSPS) is 31.0. The van der Waals surface area contributed by atoms with Crippen molar-refractivity contribution in [2.45, 2.75) is 38.3 Å². The summed E-state index contributed by atoms with van der Waals surface area (Å²) in [6.07, 6.45) is 1.82. The lowest BCUT2D eigenvalue weighted by atomic mass is 9.96. The Balaban J connectivity index is 2.26. The summed E-state index contributed by atoms with van der Waals surface area (Å²) >= 11 is 0. The van der Waals surface area contributed by atoms with Gasteiger partial charge in [-0.3, -0.25) is 0 Å². The second-order valence-corrected chi connectivity index (χ2v) is 3.92. The Bertz CT molecular complexity index is 130. The highest BCUT2D eigenvalue weighted by Crippen LogP contribution is 2.17. The molecule has 0 spiro atoms. The van der Waals surface area contributed by atoms with Crippen molar-refractivity contribution in [3.63, 3.8) is 0 Å². The monoisotopic (exact) mass is 173 g/mol. The zero-order valence-corrected chi connectivity index (χ0v) is 7.97. The minimum atomic E-state index is -0.622. The minimum Gasteiger partial charge on any atom is -0.386 e. The van der Waals surface area contributed by atoms with E-state index in [1.807, 2.05) is 0 Å². The van der Waals surface area contributed by atoms with E-state index < -0.39 is 5.60 Å². The Morgan fingerprint density at radius 1 is 1.58 bits per heavy atom. The van der Waals surface area contributed by atoms with E-state index in [9.17, 15) is 5.11 Å². The van der Waals surface area contributed by atoms with Gasteiger partial charge in [0.05, 0.1) is 6.61 Å². The lowest BCUT2D eigenvalue weighted by molar-refractivity contribution is -0.0839. The average molecular weight is 173 g/mol. The molecule has 1 saturated heterocycles. The molecule has 2 N–H and O–H groups in total. The van der Waals surface area contributed by atoms with E-state index in [1.54, 1.807) is 0 Å². The molecule has 12 heavy (non-hydrogen) atoms. The zero-order valence-electron chi connectivity index (χ0n) is 7.97. The molecule has 1 atom stereocenters. The second kappa shape index (κ2) is 4.21. The fraction of sp³-hybridized carbons (Fsp3) is 1.00. The maximum atomic E-state index is 9.93. The van der Waals surface area contributed by atoms with Crippen molar-refractivity contribution >= 4 is 0 Å². The van der Waals surface area contributed by atoms with Crippen LogP contribution in [-0.2, 0) is 4.74 Å². The first-order valence-electron chi connectivity index (χ1n) is 4.66. The van der Waals surface area contributed by atoms with Crippen LogP contribution in [-0.4, -0.2) is 36.5 Å². The van der Waals surface area contributed by atoms with Gasteiger partial charge in [-0.25, -0.2) is 0 Å². The summed E-state index contributed by atoms with van der Waals surface area (Å²) in [5.41, 5.74) is -0.622. The predicted molar refractivity (Wildman–Crippen MR) is 48.1 cm³/mol. The van der Waals surface area contributed by atoms with Gasteiger partial charge in [0, 0.05) is 19.2 Å². The van der Waals surface area contributed by atoms with Crippen molar-refractivity contribution in [1.82, 2.24) is 5.32 Å². The van der Waals surface area contributed by atoms with Gasteiger partial charge in [-0.05, 0) is 12.8 Å². The van der Waals surface area contributed by atoms with Crippen molar-refractivity contribution in [3.8, 4) is 0 Å². The summed E-state index contributed by atoms with van der Waals surface area (Å²) in [6, 6.07) is 0.427. The molecule has 1 heterocycles. The Hall–Kier alpha value is -0.120. The molecule has 1 aliphatic heterocycles. The molecule has 3 nitrogen and oxygen atoms in total. The third kappa shape index (κ3) is 3.09. The van der Waals surface area contributed by atoms with Gasteiger partial charge in [0.15, 0.2) is 0 Å². The maximum Gasteiger partial charge on any atom is 0.100 e. The first kappa shape index (κ1) is 9.96. The van der Waals surface area contributed by atoms with Crippen molar-refractivity contribution in [3.05, 3.63) is 0 Å². The van der Waals surface area contributed by atoms with Crippen LogP contribution in [0.4, 0.5) is 0 Å². The van der Waals surface area contributed by atoms with Gasteiger partial charge in [-0.1, -0.05) is 13.8 Å². The SMILES string of the molecule is CC(C)NCC1(O)CCCOC1. The number of aliphatic hydroxyl groups is 1. The van der Waals surface area contributed by atoms with Crippen LogP contribution in [0.1, 0.15) is 26.7 Å². The molecule has 0 aromatic carbocycles. The summed E-state index contributed by atoms with van der Waals surface area (Å²) in [4.78, 5) is 0. The Morgan fingerprint density at radius 3 is 2.83 bits per heavy atom. The molecule has 0 aromatic rings. The first-order chi connectivity index (χ1) is 5.62. The molecular weight excluding hydrogens is 154 g/mol. The minimum absolute atomic E-state index is 0.427. The topological polar surface area (TPSA) is 41.5 Å². The summed E-state index contributed by atoms with van der Waals surface area (Å²) in [7, 11) is 0. The molecule has 0 bridgehead atoms. The van der Waals surface area contributed by atoms with Crippen LogP contribution < -0.4 is 5.32 Å². The molecule has 0 saturated carbocycles. The van der Waals surface area contributed by atoms with Gasteiger partial charge in [0.1, 0.15) is 5.60 Å². The van der Waals surface area contributed by atoms with Crippen molar-refractivity contribution in [2.75, 3.05) is 19.8 Å². The standard InChI is InChI=1S/C9H19NO2/c1-8(2)10-6-9(11)4-3-5-12-7-9/h8,10-11H,3-7H2,1-2H3. The highest BCUT2D eigenvalue weighted by molar-refractivity contribution is 4.83. The maximum absolute atomic E-state index is 9.93. The molecule has 0 aliphatic carbocycles. The Labute approximate surface area is 74.1 Å². The molecule has 1 unspecified atom stereocenters. The molecule has 0 radical (unpaired) electrons. The molecule has 0 aromatic heterocycles. The van der Waals surface area contributed by atoms with E-state index in [0.717, 1.165) is 19.4 Å². The number of hydrogen-bond acceptors (Lipinski definition) is 3. The summed E-state index contributed by atoms with van der Waals surface area (Å²) < 4.78 is 5.23. The van der Waals surface area contributed by atoms with E-state index >= 15 is 0 Å². The molecule has 3 heteroatoms. The lowest BCUT2D eigenvalue weighted by Gasteiger charge is -2.32. The highest BCUT2D eigenvalue weighted by atomic mass is 16.5. The largest absolute Gasteiger partial charge is 0.386 e. The van der Waals surface area contributed by atoms with Crippen LogP contribution in [0.3, 0.4) is 0 Å². The molecule has 72 valence electrons. The zero-order chi connectivity index (χ0) is 9.03. The quantitative estimate of drug-likeness (QED) is 0.654. The van der Waals surface area contributed by atoms with Gasteiger partial charge in [0.25, 0.3) is 0 Å². The summed E-state index contributed by atoms with van der Waals surface area (Å²) in [6.45, 7) is 6.07. The molecule has 1 aliphatic rings. The third-order valence-corrected chi connectivity index (χ3v) is 2.14. The number of nitrogens with one attached hydrogen (secondary N) is 1. The molecule has 1 rings (SSSR count). The van der Waals surface area contributed by atoms with Crippen LogP contribution in [0.15, 0.2) is 0 Å². The summed E-state index contributed by atoms with van der Waals surface area (Å²) in [5, 5.41) is 13.2. The van der Waals surface area contributed by atoms with E-state index in [2.05, 4.69) is 19.2 Å². The fourth-order valence-electron chi connectivity index (χ4n) is 1.37. The Kier molecular flexibility index (Phi) is 3.50. The van der Waals surface area contributed by atoms with Crippen LogP contribution in [0, 0.1) is 0 Å². The van der Waals surface area contributed by atoms with Crippen LogP contribution >= 0.6 is 0 Å². The van der Waals surface area contributed by atoms with E-state index in [4.69, 9.17) is 4.74 Å². The van der Waals surface area contributed by atoms with E-state index in [0.29, 0.717) is 19.2 Å². The first-order valence-corrected chi connectivity index (χ1v) is 4.66. The van der Waals surface area contributed by atoms with Gasteiger partial charge >= 0.3 is 0 Å². The molecule has 0 amide bonds. The van der Waals surface area contributed by atoms with Crippen molar-refractivity contribution in [2.24, 2.45) is 0 Å². The van der Waals surface area contributed by atoms with Crippen molar-refractivity contribution < 1.29 is 9.84 Å². The summed E-state index contributed by atoms with van der Waals surface area (Å²) in [5.74, 6) is 0. The van der Waals surface area contributed by atoms with Gasteiger partial charge in [-0.15, -0.1) is 0 Å². The van der Waals surface area contributed by atoms with E-state index in [1.165, 1.54) is 0 Å². The van der Waals surface area contributed by atoms with E-state index in [-0.39, 0.29) is 0 Å². The highest BCUT2D eigenvalue weighted by Gasteiger charge is 2.29.